The first kappa shape index (κ1) is 24.5. The second-order valence-corrected chi connectivity index (χ2v) is 8.43. The average molecular weight is 517 g/mol. The minimum absolute atomic E-state index is 0.0550. The molecule has 0 unspecified atom stereocenters. The molecule has 31 heavy (non-hydrogen) atoms. The number of halogens is 1. The van der Waals surface area contributed by atoms with Gasteiger partial charge in [0, 0.05) is 0 Å². The molecule has 0 aliphatic rings. The van der Waals surface area contributed by atoms with Crippen LogP contribution in [0, 0.1) is 24.0 Å². The lowest BCUT2D eigenvalue weighted by atomic mass is 10.1. The highest BCUT2D eigenvalue weighted by molar-refractivity contribution is 9.10. The van der Waals surface area contributed by atoms with Crippen molar-refractivity contribution in [3.05, 3.63) is 36.3 Å². The van der Waals surface area contributed by atoms with Gasteiger partial charge in [0.2, 0.25) is 5.91 Å². The van der Waals surface area contributed by atoms with Crippen molar-refractivity contribution in [1.82, 2.24) is 9.78 Å². The summed E-state index contributed by atoms with van der Waals surface area (Å²) in [4.78, 5) is 48.0. The zero-order valence-electron chi connectivity index (χ0n) is 17.5. The van der Waals surface area contributed by atoms with E-state index < -0.39 is 34.7 Å². The van der Waals surface area contributed by atoms with Gasteiger partial charge in [-0.2, -0.15) is 4.68 Å². The molecule has 0 saturated heterocycles. The van der Waals surface area contributed by atoms with Crippen molar-refractivity contribution in [3.8, 4) is 0 Å². The van der Waals surface area contributed by atoms with Gasteiger partial charge >= 0.3 is 17.8 Å². The number of anilines is 1. The molecule has 0 aliphatic carbocycles. The second-order valence-electron chi connectivity index (χ2n) is 6.62. The first-order valence-electron chi connectivity index (χ1n) is 9.16. The second kappa shape index (κ2) is 10.0. The summed E-state index contributed by atoms with van der Waals surface area (Å²) in [6.07, 6.45) is -0.411. The zero-order chi connectivity index (χ0) is 23.5. The number of nitrogens with one attached hydrogen (secondary N) is 1. The zero-order valence-corrected chi connectivity index (χ0v) is 19.9. The van der Waals surface area contributed by atoms with Crippen LogP contribution in [0.4, 0.5) is 10.8 Å². The van der Waals surface area contributed by atoms with Gasteiger partial charge in [-0.3, -0.25) is 4.79 Å². The number of nitro groups is 1. The standard InChI is InChI=1S/C18H21BrN4O7S/c1-6-29-18(26)14-9(4)12(17(25)30-8(2)3)16(31-14)20-11(24)7-22-10(5)13(19)15(21-22)23(27)28/h8H,6-7H2,1-5H3,(H,20,24). The topological polar surface area (TPSA) is 143 Å². The largest absolute Gasteiger partial charge is 0.462 e. The predicted molar refractivity (Wildman–Crippen MR) is 116 cm³/mol. The molecule has 1 N–H and O–H groups in total. The van der Waals surface area contributed by atoms with Crippen molar-refractivity contribution >= 4 is 55.9 Å². The summed E-state index contributed by atoms with van der Waals surface area (Å²) < 4.78 is 11.6. The molecule has 2 aromatic heterocycles. The Balaban J connectivity index is 2.36. The molecule has 0 saturated carbocycles. The van der Waals surface area contributed by atoms with Crippen LogP contribution in [0.2, 0.25) is 0 Å². The number of rotatable bonds is 8. The number of carbonyl (C=O) groups is 3. The molecule has 0 bridgehead atoms. The summed E-state index contributed by atoms with van der Waals surface area (Å²) in [5, 5.41) is 17.5. The lowest BCUT2D eigenvalue weighted by Crippen LogP contribution is -2.21. The van der Waals surface area contributed by atoms with Gasteiger partial charge in [-0.15, -0.1) is 11.3 Å². The summed E-state index contributed by atoms with van der Waals surface area (Å²) in [7, 11) is 0. The molecule has 1 amide bonds. The van der Waals surface area contributed by atoms with Gasteiger partial charge in [0.1, 0.15) is 20.9 Å². The number of amides is 1. The van der Waals surface area contributed by atoms with Gasteiger partial charge in [-0.05, 0) is 61.0 Å². The minimum Gasteiger partial charge on any atom is -0.462 e. The molecule has 2 rings (SSSR count). The van der Waals surface area contributed by atoms with E-state index in [0.717, 1.165) is 16.0 Å². The van der Waals surface area contributed by atoms with Crippen LogP contribution in [0.15, 0.2) is 4.47 Å². The Morgan fingerprint density at radius 3 is 2.45 bits per heavy atom. The summed E-state index contributed by atoms with van der Waals surface area (Å²) in [5.74, 6) is -2.32. The number of ether oxygens (including phenoxy) is 2. The molecule has 0 aromatic carbocycles. The molecule has 168 valence electrons. The number of thiophene rings is 1. The van der Waals surface area contributed by atoms with Crippen molar-refractivity contribution in [2.75, 3.05) is 11.9 Å². The van der Waals surface area contributed by atoms with Crippen LogP contribution in [0.3, 0.4) is 0 Å². The van der Waals surface area contributed by atoms with Crippen LogP contribution in [0.1, 0.15) is 52.1 Å². The first-order valence-corrected chi connectivity index (χ1v) is 10.8. The molecule has 13 heteroatoms. The van der Waals surface area contributed by atoms with Crippen LogP contribution in [0.5, 0.6) is 0 Å². The summed E-state index contributed by atoms with van der Waals surface area (Å²) >= 11 is 3.98. The fourth-order valence-electron chi connectivity index (χ4n) is 2.59. The third kappa shape index (κ3) is 5.47. The molecule has 0 aliphatic heterocycles. The molecule has 0 fully saturated rings. The van der Waals surface area contributed by atoms with Gasteiger partial charge in [0.25, 0.3) is 0 Å². The van der Waals surface area contributed by atoms with Crippen molar-refractivity contribution in [3.63, 3.8) is 0 Å². The maximum atomic E-state index is 12.6. The average Bonchev–Trinajstić information content (AvgIpc) is 3.12. The molecule has 0 atom stereocenters. The number of carbonyl (C=O) groups excluding carboxylic acids is 3. The highest BCUT2D eigenvalue weighted by atomic mass is 79.9. The highest BCUT2D eigenvalue weighted by Gasteiger charge is 2.29. The Hall–Kier alpha value is -2.80. The van der Waals surface area contributed by atoms with Gasteiger partial charge in [0.05, 0.1) is 29.1 Å². The molecule has 2 aromatic rings. The van der Waals surface area contributed by atoms with E-state index in [4.69, 9.17) is 9.47 Å². The summed E-state index contributed by atoms with van der Waals surface area (Å²) in [5.41, 5.74) is 0.772. The normalized spacial score (nSPS) is 10.8. The van der Waals surface area contributed by atoms with Gasteiger partial charge in [0.15, 0.2) is 0 Å². The molecule has 0 radical (unpaired) electrons. The van der Waals surface area contributed by atoms with Gasteiger partial charge in [-0.1, -0.05) is 0 Å². The Morgan fingerprint density at radius 1 is 1.29 bits per heavy atom. The van der Waals surface area contributed by atoms with Crippen LogP contribution in [0.25, 0.3) is 0 Å². The van der Waals surface area contributed by atoms with Crippen molar-refractivity contribution < 1.29 is 28.8 Å². The van der Waals surface area contributed by atoms with E-state index in [2.05, 4.69) is 26.3 Å². The predicted octanol–water partition coefficient (Wildman–Crippen LogP) is 3.61. The Bertz CT molecular complexity index is 1040. The van der Waals surface area contributed by atoms with Crippen LogP contribution >= 0.6 is 27.3 Å². The van der Waals surface area contributed by atoms with E-state index in [0.29, 0.717) is 11.3 Å². The van der Waals surface area contributed by atoms with E-state index in [1.54, 1.807) is 34.6 Å². The lowest BCUT2D eigenvalue weighted by Gasteiger charge is -2.10. The van der Waals surface area contributed by atoms with E-state index in [-0.39, 0.29) is 33.1 Å². The fourth-order valence-corrected chi connectivity index (χ4v) is 4.13. The van der Waals surface area contributed by atoms with Crippen molar-refractivity contribution in [2.45, 2.75) is 47.3 Å². The SMILES string of the molecule is CCOC(=O)c1sc(NC(=O)Cn2nc([N+](=O)[O-])c(Br)c2C)c(C(=O)OC(C)C)c1C. The monoisotopic (exact) mass is 516 g/mol. The number of nitrogens with zero attached hydrogens (tertiary/aromatic N) is 3. The maximum Gasteiger partial charge on any atom is 0.404 e. The van der Waals surface area contributed by atoms with Gasteiger partial charge < -0.3 is 24.9 Å². The molecule has 0 spiro atoms. The van der Waals surface area contributed by atoms with Crippen LogP contribution in [-0.4, -0.2) is 45.3 Å². The van der Waals surface area contributed by atoms with E-state index in [9.17, 15) is 24.5 Å². The summed E-state index contributed by atoms with van der Waals surface area (Å²) in [6, 6.07) is 0. The Morgan fingerprint density at radius 2 is 1.94 bits per heavy atom. The Kier molecular flexibility index (Phi) is 7.90. The van der Waals surface area contributed by atoms with Crippen LogP contribution < -0.4 is 5.32 Å². The van der Waals surface area contributed by atoms with E-state index in [1.165, 1.54) is 0 Å². The minimum atomic E-state index is -0.691. The van der Waals surface area contributed by atoms with E-state index in [1.807, 2.05) is 0 Å². The van der Waals surface area contributed by atoms with Crippen molar-refractivity contribution in [1.29, 1.82) is 0 Å². The third-order valence-corrected chi connectivity index (χ3v) is 6.11. The number of hydrogen-bond acceptors (Lipinski definition) is 9. The third-order valence-electron chi connectivity index (χ3n) is 3.99. The smallest absolute Gasteiger partial charge is 0.404 e. The molecular formula is C18H21BrN4O7S. The van der Waals surface area contributed by atoms with Gasteiger partial charge in [-0.25, -0.2) is 9.59 Å². The van der Waals surface area contributed by atoms with Crippen LogP contribution in [-0.2, 0) is 20.8 Å². The lowest BCUT2D eigenvalue weighted by molar-refractivity contribution is -0.390. The molecule has 11 nitrogen and oxygen atoms in total. The first-order chi connectivity index (χ1) is 14.5. The molecule has 2 heterocycles. The fraction of sp³-hybridized carbons (Fsp3) is 0.444. The van der Waals surface area contributed by atoms with E-state index >= 15 is 0 Å². The Labute approximate surface area is 190 Å². The number of esters is 2. The molecular weight excluding hydrogens is 496 g/mol. The number of hydrogen-bond donors (Lipinski definition) is 1. The quantitative estimate of drug-likeness (QED) is 0.318. The maximum absolute atomic E-state index is 12.6. The van der Waals surface area contributed by atoms with Crippen molar-refractivity contribution in [2.24, 2.45) is 0 Å². The summed E-state index contributed by atoms with van der Waals surface area (Å²) in [6.45, 7) is 7.94. The number of aromatic nitrogens is 2. The highest BCUT2D eigenvalue weighted by Crippen LogP contribution is 2.35.